The Kier molecular flexibility index (Phi) is 5.56. The second-order valence-corrected chi connectivity index (χ2v) is 4.84. The molecule has 0 bridgehead atoms. The SMILES string of the molecule is COCCn1c(C(C)C)ccc(CC(=O)Cl)c1=O. The van der Waals surface area contributed by atoms with Crippen molar-refractivity contribution in [1.29, 1.82) is 0 Å². The van der Waals surface area contributed by atoms with Crippen LogP contribution in [0, 0.1) is 0 Å². The van der Waals surface area contributed by atoms with Gasteiger partial charge in [-0.2, -0.15) is 0 Å². The van der Waals surface area contributed by atoms with Crippen LogP contribution in [-0.4, -0.2) is 23.5 Å². The number of methoxy groups -OCH3 is 1. The molecule has 0 aliphatic carbocycles. The van der Waals surface area contributed by atoms with Gasteiger partial charge in [0.05, 0.1) is 13.0 Å². The molecule has 0 fully saturated rings. The summed E-state index contributed by atoms with van der Waals surface area (Å²) in [5.74, 6) is 0.232. The van der Waals surface area contributed by atoms with Crippen LogP contribution in [0.25, 0.3) is 0 Å². The smallest absolute Gasteiger partial charge is 0.254 e. The van der Waals surface area contributed by atoms with Crippen molar-refractivity contribution in [3.05, 3.63) is 33.7 Å². The Hall–Kier alpha value is -1.13. The molecule has 18 heavy (non-hydrogen) atoms. The lowest BCUT2D eigenvalue weighted by atomic mass is 10.1. The average Bonchev–Trinajstić information content (AvgIpc) is 2.29. The molecule has 5 heteroatoms. The second-order valence-electron chi connectivity index (χ2n) is 4.42. The molecule has 0 saturated heterocycles. The van der Waals surface area contributed by atoms with Crippen LogP contribution in [0.15, 0.2) is 16.9 Å². The van der Waals surface area contributed by atoms with E-state index in [1.165, 1.54) is 0 Å². The van der Waals surface area contributed by atoms with Crippen molar-refractivity contribution in [3.63, 3.8) is 0 Å². The Balaban J connectivity index is 3.21. The number of ether oxygens (including phenoxy) is 1. The number of nitrogens with zero attached hydrogens (tertiary/aromatic N) is 1. The molecule has 1 aromatic rings. The molecule has 0 aliphatic rings. The molecule has 0 amide bonds. The highest BCUT2D eigenvalue weighted by atomic mass is 35.5. The number of aromatic nitrogens is 1. The molecule has 0 spiro atoms. The van der Waals surface area contributed by atoms with E-state index in [4.69, 9.17) is 16.3 Å². The summed E-state index contributed by atoms with van der Waals surface area (Å²) in [4.78, 5) is 23.1. The van der Waals surface area contributed by atoms with Crippen LogP contribution in [0.5, 0.6) is 0 Å². The third kappa shape index (κ3) is 3.68. The summed E-state index contributed by atoms with van der Waals surface area (Å²) in [5, 5.41) is -0.525. The summed E-state index contributed by atoms with van der Waals surface area (Å²) in [6.45, 7) is 4.97. The van der Waals surface area contributed by atoms with E-state index < -0.39 is 5.24 Å². The Morgan fingerprint density at radius 3 is 2.61 bits per heavy atom. The number of carbonyl (C=O) groups excluding carboxylic acids is 1. The Bertz CT molecular complexity index is 480. The van der Waals surface area contributed by atoms with Gasteiger partial charge in [0.2, 0.25) is 5.24 Å². The van der Waals surface area contributed by atoms with Gasteiger partial charge in [0, 0.05) is 24.9 Å². The predicted octanol–water partition coefficient (Wildman–Crippen LogP) is 1.93. The van der Waals surface area contributed by atoms with Gasteiger partial charge in [-0.25, -0.2) is 0 Å². The second kappa shape index (κ2) is 6.71. The molecule has 1 heterocycles. The van der Waals surface area contributed by atoms with Crippen molar-refractivity contribution in [1.82, 2.24) is 4.57 Å². The van der Waals surface area contributed by atoms with Crippen molar-refractivity contribution in [2.24, 2.45) is 0 Å². The minimum Gasteiger partial charge on any atom is -0.383 e. The Morgan fingerprint density at radius 2 is 2.11 bits per heavy atom. The minimum absolute atomic E-state index is 0.0360. The third-order valence-corrected chi connectivity index (χ3v) is 2.86. The van der Waals surface area contributed by atoms with Gasteiger partial charge in [0.25, 0.3) is 5.56 Å². The largest absolute Gasteiger partial charge is 0.383 e. The summed E-state index contributed by atoms with van der Waals surface area (Å²) in [5.41, 5.74) is 1.20. The van der Waals surface area contributed by atoms with E-state index in [1.54, 1.807) is 17.7 Å². The van der Waals surface area contributed by atoms with Crippen LogP contribution in [-0.2, 0) is 22.5 Å². The molecule has 0 saturated carbocycles. The molecule has 0 N–H and O–H groups in total. The maximum atomic E-state index is 12.2. The maximum Gasteiger partial charge on any atom is 0.254 e. The number of hydrogen-bond donors (Lipinski definition) is 0. The quantitative estimate of drug-likeness (QED) is 0.743. The molecular formula is C13H18ClNO3. The molecule has 4 nitrogen and oxygen atoms in total. The highest BCUT2D eigenvalue weighted by molar-refractivity contribution is 6.63. The van der Waals surface area contributed by atoms with E-state index >= 15 is 0 Å². The molecule has 0 unspecified atom stereocenters. The molecule has 0 radical (unpaired) electrons. The number of hydrogen-bond acceptors (Lipinski definition) is 3. The number of rotatable bonds is 6. The summed E-state index contributed by atoms with van der Waals surface area (Å²) < 4.78 is 6.66. The highest BCUT2D eigenvalue weighted by Gasteiger charge is 2.12. The van der Waals surface area contributed by atoms with Crippen LogP contribution >= 0.6 is 11.6 Å². The average molecular weight is 272 g/mol. The predicted molar refractivity (Wildman–Crippen MR) is 71.2 cm³/mol. The van der Waals surface area contributed by atoms with Gasteiger partial charge >= 0.3 is 0 Å². The van der Waals surface area contributed by atoms with Crippen LogP contribution in [0.2, 0.25) is 0 Å². The standard InChI is InChI=1S/C13H18ClNO3/c1-9(2)11-5-4-10(8-12(14)16)13(17)15(11)6-7-18-3/h4-5,9H,6-8H2,1-3H3. The fraction of sp³-hybridized carbons (Fsp3) is 0.538. The molecule has 1 aromatic heterocycles. The van der Waals surface area contributed by atoms with Gasteiger partial charge in [0.15, 0.2) is 0 Å². The van der Waals surface area contributed by atoms with Crippen molar-refractivity contribution < 1.29 is 9.53 Å². The van der Waals surface area contributed by atoms with Crippen LogP contribution in [0.4, 0.5) is 0 Å². The lowest BCUT2D eigenvalue weighted by Gasteiger charge is -2.16. The first-order chi connectivity index (χ1) is 8.47. The van der Waals surface area contributed by atoms with Gasteiger partial charge < -0.3 is 9.30 Å². The van der Waals surface area contributed by atoms with Crippen molar-refractivity contribution >= 4 is 16.8 Å². The van der Waals surface area contributed by atoms with E-state index in [2.05, 4.69) is 0 Å². The van der Waals surface area contributed by atoms with Crippen molar-refractivity contribution in [3.8, 4) is 0 Å². The first kappa shape index (κ1) is 14.9. The topological polar surface area (TPSA) is 48.3 Å². The molecule has 100 valence electrons. The van der Waals surface area contributed by atoms with E-state index in [-0.39, 0.29) is 17.9 Å². The van der Waals surface area contributed by atoms with Gasteiger partial charge in [-0.15, -0.1) is 0 Å². The summed E-state index contributed by atoms with van der Waals surface area (Å²) in [6.07, 6.45) is -0.0360. The van der Waals surface area contributed by atoms with Crippen LogP contribution < -0.4 is 5.56 Å². The number of halogens is 1. The van der Waals surface area contributed by atoms with Gasteiger partial charge in [-0.3, -0.25) is 9.59 Å². The van der Waals surface area contributed by atoms with Crippen LogP contribution in [0.3, 0.4) is 0 Å². The van der Waals surface area contributed by atoms with E-state index in [9.17, 15) is 9.59 Å². The number of carbonyl (C=O) groups is 1. The fourth-order valence-electron chi connectivity index (χ4n) is 1.84. The zero-order valence-electron chi connectivity index (χ0n) is 10.9. The van der Waals surface area contributed by atoms with E-state index in [1.807, 2.05) is 19.9 Å². The number of pyridine rings is 1. The summed E-state index contributed by atoms with van der Waals surface area (Å²) >= 11 is 5.33. The third-order valence-electron chi connectivity index (χ3n) is 2.73. The summed E-state index contributed by atoms with van der Waals surface area (Å²) in [6, 6.07) is 3.55. The fourth-order valence-corrected chi connectivity index (χ4v) is 1.98. The lowest BCUT2D eigenvalue weighted by molar-refractivity contribution is -0.111. The first-order valence-corrected chi connectivity index (χ1v) is 6.25. The highest BCUT2D eigenvalue weighted by Crippen LogP contribution is 2.13. The summed E-state index contributed by atoms with van der Waals surface area (Å²) in [7, 11) is 1.59. The Labute approximate surface area is 112 Å². The minimum atomic E-state index is -0.525. The molecule has 0 atom stereocenters. The molecule has 1 rings (SSSR count). The van der Waals surface area contributed by atoms with Crippen molar-refractivity contribution in [2.75, 3.05) is 13.7 Å². The molecule has 0 aromatic carbocycles. The monoisotopic (exact) mass is 271 g/mol. The van der Waals surface area contributed by atoms with E-state index in [0.29, 0.717) is 18.7 Å². The molecule has 0 aliphatic heterocycles. The Morgan fingerprint density at radius 1 is 1.44 bits per heavy atom. The van der Waals surface area contributed by atoms with Gasteiger partial charge in [-0.1, -0.05) is 19.9 Å². The molecular weight excluding hydrogens is 254 g/mol. The maximum absolute atomic E-state index is 12.2. The first-order valence-electron chi connectivity index (χ1n) is 5.87. The lowest BCUT2D eigenvalue weighted by Crippen LogP contribution is -2.29. The van der Waals surface area contributed by atoms with Gasteiger partial charge in [0.1, 0.15) is 0 Å². The van der Waals surface area contributed by atoms with E-state index in [0.717, 1.165) is 5.69 Å². The zero-order valence-corrected chi connectivity index (χ0v) is 11.7. The van der Waals surface area contributed by atoms with Crippen molar-refractivity contribution in [2.45, 2.75) is 32.7 Å². The van der Waals surface area contributed by atoms with Gasteiger partial charge in [-0.05, 0) is 23.6 Å². The van der Waals surface area contributed by atoms with Crippen LogP contribution in [0.1, 0.15) is 31.0 Å². The zero-order chi connectivity index (χ0) is 13.7. The normalized spacial score (nSPS) is 10.9.